The number of rotatable bonds is 4. The quantitative estimate of drug-likeness (QED) is 0.848. The van der Waals surface area contributed by atoms with Crippen molar-refractivity contribution in [3.63, 3.8) is 0 Å². The molecule has 0 heterocycles. The SMILES string of the molecule is CC(=O)c1c(C(N)=O)cc(C(C)C)c(F)c1C(C)C. The molecule has 0 aliphatic heterocycles. The number of benzene rings is 1. The summed E-state index contributed by atoms with van der Waals surface area (Å²) in [6, 6.07) is 1.41. The average Bonchev–Trinajstić information content (AvgIpc) is 2.26. The number of halogens is 1. The van der Waals surface area contributed by atoms with Gasteiger partial charge in [-0.2, -0.15) is 0 Å². The van der Waals surface area contributed by atoms with Crippen LogP contribution in [0, 0.1) is 5.82 Å². The normalized spacial score (nSPS) is 11.2. The Morgan fingerprint density at radius 2 is 1.68 bits per heavy atom. The first kappa shape index (κ1) is 15.3. The summed E-state index contributed by atoms with van der Waals surface area (Å²) in [5.74, 6) is -1.73. The molecule has 0 aliphatic rings. The van der Waals surface area contributed by atoms with Crippen molar-refractivity contribution in [2.45, 2.75) is 46.5 Å². The van der Waals surface area contributed by atoms with Gasteiger partial charge in [0.15, 0.2) is 5.78 Å². The largest absolute Gasteiger partial charge is 0.366 e. The fourth-order valence-electron chi connectivity index (χ4n) is 2.24. The Labute approximate surface area is 113 Å². The van der Waals surface area contributed by atoms with Crippen molar-refractivity contribution in [1.29, 1.82) is 0 Å². The van der Waals surface area contributed by atoms with Crippen molar-refractivity contribution in [2.75, 3.05) is 0 Å². The minimum absolute atomic E-state index is 0.0865. The Morgan fingerprint density at radius 1 is 1.16 bits per heavy atom. The van der Waals surface area contributed by atoms with Crippen LogP contribution >= 0.6 is 0 Å². The molecule has 2 N–H and O–H groups in total. The number of hydrogen-bond donors (Lipinski definition) is 1. The van der Waals surface area contributed by atoms with Crippen LogP contribution in [0.2, 0.25) is 0 Å². The second-order valence-electron chi connectivity index (χ2n) is 5.35. The molecule has 0 aromatic heterocycles. The third-order valence-electron chi connectivity index (χ3n) is 3.15. The molecular weight excluding hydrogens is 245 g/mol. The van der Waals surface area contributed by atoms with E-state index in [4.69, 9.17) is 5.73 Å². The monoisotopic (exact) mass is 265 g/mol. The molecule has 0 aliphatic carbocycles. The van der Waals surface area contributed by atoms with E-state index in [-0.39, 0.29) is 34.3 Å². The highest BCUT2D eigenvalue weighted by atomic mass is 19.1. The zero-order valence-electron chi connectivity index (χ0n) is 12.0. The number of hydrogen-bond acceptors (Lipinski definition) is 2. The summed E-state index contributed by atoms with van der Waals surface area (Å²) in [6.45, 7) is 8.57. The van der Waals surface area contributed by atoms with Gasteiger partial charge >= 0.3 is 0 Å². The van der Waals surface area contributed by atoms with Crippen molar-refractivity contribution in [3.05, 3.63) is 34.1 Å². The van der Waals surface area contributed by atoms with Gasteiger partial charge in [0.2, 0.25) is 5.91 Å². The highest BCUT2D eigenvalue weighted by Gasteiger charge is 2.25. The summed E-state index contributed by atoms with van der Waals surface area (Å²) in [7, 11) is 0. The zero-order chi connectivity index (χ0) is 14.9. The number of ketones is 1. The van der Waals surface area contributed by atoms with Crippen molar-refractivity contribution in [2.24, 2.45) is 5.73 Å². The van der Waals surface area contributed by atoms with E-state index in [0.717, 1.165) is 0 Å². The van der Waals surface area contributed by atoms with Crippen LogP contribution in [0.25, 0.3) is 0 Å². The van der Waals surface area contributed by atoms with Crippen LogP contribution in [-0.4, -0.2) is 11.7 Å². The van der Waals surface area contributed by atoms with Gasteiger partial charge in [0.1, 0.15) is 5.82 Å². The molecule has 0 saturated carbocycles. The molecular formula is C15H20FNO2. The van der Waals surface area contributed by atoms with E-state index in [2.05, 4.69) is 0 Å². The molecule has 4 heteroatoms. The summed E-state index contributed by atoms with van der Waals surface area (Å²) in [5.41, 5.74) is 6.26. The Bertz CT molecular complexity index is 533. The molecule has 0 saturated heterocycles. The molecule has 0 spiro atoms. The van der Waals surface area contributed by atoms with Crippen LogP contribution in [0.15, 0.2) is 6.07 Å². The fourth-order valence-corrected chi connectivity index (χ4v) is 2.24. The van der Waals surface area contributed by atoms with Gasteiger partial charge in [0.05, 0.1) is 5.56 Å². The molecule has 0 bridgehead atoms. The van der Waals surface area contributed by atoms with Gasteiger partial charge in [0, 0.05) is 11.1 Å². The van der Waals surface area contributed by atoms with E-state index in [1.54, 1.807) is 13.8 Å². The summed E-state index contributed by atoms with van der Waals surface area (Å²) in [4.78, 5) is 23.3. The number of nitrogens with two attached hydrogens (primary N) is 1. The minimum Gasteiger partial charge on any atom is -0.366 e. The third-order valence-corrected chi connectivity index (χ3v) is 3.15. The zero-order valence-corrected chi connectivity index (χ0v) is 12.0. The van der Waals surface area contributed by atoms with Gasteiger partial charge < -0.3 is 5.73 Å². The van der Waals surface area contributed by atoms with Gasteiger partial charge in [-0.1, -0.05) is 27.7 Å². The average molecular weight is 265 g/mol. The fraction of sp³-hybridized carbons (Fsp3) is 0.467. The second kappa shape index (κ2) is 5.51. The topological polar surface area (TPSA) is 60.2 Å². The number of carbonyl (C=O) groups is 2. The first-order chi connectivity index (χ1) is 8.68. The smallest absolute Gasteiger partial charge is 0.249 e. The number of primary amides is 1. The minimum atomic E-state index is -0.700. The molecule has 0 radical (unpaired) electrons. The lowest BCUT2D eigenvalue weighted by molar-refractivity contribution is 0.0972. The summed E-state index contributed by atoms with van der Waals surface area (Å²) >= 11 is 0. The lowest BCUT2D eigenvalue weighted by Gasteiger charge is -2.19. The Hall–Kier alpha value is -1.71. The first-order valence-corrected chi connectivity index (χ1v) is 6.35. The predicted molar refractivity (Wildman–Crippen MR) is 73.1 cm³/mol. The van der Waals surface area contributed by atoms with Crippen molar-refractivity contribution >= 4 is 11.7 Å². The van der Waals surface area contributed by atoms with Crippen LogP contribution in [0.1, 0.15) is 78.3 Å². The number of carbonyl (C=O) groups excluding carboxylic acids is 2. The van der Waals surface area contributed by atoms with E-state index < -0.39 is 11.7 Å². The van der Waals surface area contributed by atoms with E-state index in [0.29, 0.717) is 5.56 Å². The van der Waals surface area contributed by atoms with Crippen LogP contribution < -0.4 is 5.73 Å². The van der Waals surface area contributed by atoms with Crippen molar-refractivity contribution in [1.82, 2.24) is 0 Å². The number of Topliss-reactive ketones (excluding diaryl/α,β-unsaturated/α-hetero) is 1. The molecule has 104 valence electrons. The van der Waals surface area contributed by atoms with E-state index >= 15 is 0 Å². The molecule has 0 atom stereocenters. The van der Waals surface area contributed by atoms with Crippen molar-refractivity contribution in [3.8, 4) is 0 Å². The highest BCUT2D eigenvalue weighted by molar-refractivity contribution is 6.08. The van der Waals surface area contributed by atoms with Crippen LogP contribution in [-0.2, 0) is 0 Å². The second-order valence-corrected chi connectivity index (χ2v) is 5.35. The lowest BCUT2D eigenvalue weighted by Crippen LogP contribution is -2.20. The Kier molecular flexibility index (Phi) is 4.45. The predicted octanol–water partition coefficient (Wildman–Crippen LogP) is 3.37. The molecule has 1 aromatic rings. The summed E-state index contributed by atoms with van der Waals surface area (Å²) in [5, 5.41) is 0. The van der Waals surface area contributed by atoms with E-state index in [9.17, 15) is 14.0 Å². The van der Waals surface area contributed by atoms with Gasteiger partial charge in [-0.25, -0.2) is 4.39 Å². The van der Waals surface area contributed by atoms with Gasteiger partial charge in [-0.15, -0.1) is 0 Å². The standard InChI is InChI=1S/C15H20FNO2/c1-7(2)10-6-11(15(17)19)13(9(5)18)12(8(3)4)14(10)16/h6-8H,1-5H3,(H2,17,19). The van der Waals surface area contributed by atoms with Gasteiger partial charge in [-0.05, 0) is 30.4 Å². The molecule has 19 heavy (non-hydrogen) atoms. The molecule has 1 amide bonds. The molecule has 1 aromatic carbocycles. The lowest BCUT2D eigenvalue weighted by atomic mass is 9.85. The summed E-state index contributed by atoms with van der Waals surface area (Å²) in [6.07, 6.45) is 0. The first-order valence-electron chi connectivity index (χ1n) is 6.35. The maximum absolute atomic E-state index is 14.5. The van der Waals surface area contributed by atoms with Crippen LogP contribution in [0.3, 0.4) is 0 Å². The van der Waals surface area contributed by atoms with Gasteiger partial charge in [0.25, 0.3) is 0 Å². The molecule has 1 rings (SSSR count). The molecule has 3 nitrogen and oxygen atoms in total. The third kappa shape index (κ3) is 2.83. The maximum atomic E-state index is 14.5. The van der Waals surface area contributed by atoms with E-state index in [1.807, 2.05) is 13.8 Å². The Morgan fingerprint density at radius 3 is 2.00 bits per heavy atom. The van der Waals surface area contributed by atoms with Crippen LogP contribution in [0.5, 0.6) is 0 Å². The Balaban J connectivity index is 3.83. The van der Waals surface area contributed by atoms with Crippen molar-refractivity contribution < 1.29 is 14.0 Å². The van der Waals surface area contributed by atoms with Crippen LogP contribution in [0.4, 0.5) is 4.39 Å². The molecule has 0 fully saturated rings. The highest BCUT2D eigenvalue weighted by Crippen LogP contribution is 2.32. The van der Waals surface area contributed by atoms with Gasteiger partial charge in [-0.3, -0.25) is 9.59 Å². The number of amides is 1. The van der Waals surface area contributed by atoms with E-state index in [1.165, 1.54) is 13.0 Å². The maximum Gasteiger partial charge on any atom is 0.249 e. The summed E-state index contributed by atoms with van der Waals surface area (Å²) < 4.78 is 14.5. The molecule has 0 unspecified atom stereocenters.